The molecule has 8 nitrogen and oxygen atoms in total. The van der Waals surface area contributed by atoms with Gasteiger partial charge in [0.15, 0.2) is 0 Å². The van der Waals surface area contributed by atoms with E-state index >= 15 is 0 Å². The summed E-state index contributed by atoms with van der Waals surface area (Å²) in [5.74, 6) is -0.294. The number of ether oxygens (including phenoxy) is 2. The summed E-state index contributed by atoms with van der Waals surface area (Å²) >= 11 is 0. The second-order valence-corrected chi connectivity index (χ2v) is 11.2. The molecule has 1 atom stereocenters. The fraction of sp³-hybridized carbons (Fsp3) is 0.184. The molecule has 232 valence electrons. The number of amides is 1. The zero-order valence-electron chi connectivity index (χ0n) is 25.6. The number of hydrogen-bond donors (Lipinski definition) is 1. The highest BCUT2D eigenvalue weighted by molar-refractivity contribution is 6.46. The molecule has 1 aliphatic rings. The Balaban J connectivity index is 1.25. The van der Waals surface area contributed by atoms with Crippen LogP contribution in [-0.2, 0) is 29.3 Å². The molecule has 6 rings (SSSR count). The van der Waals surface area contributed by atoms with E-state index in [1.165, 1.54) is 0 Å². The smallest absolute Gasteiger partial charge is 0.295 e. The Morgan fingerprint density at radius 3 is 2.17 bits per heavy atom. The Hall–Kier alpha value is -5.63. The molecule has 1 N–H and O–H groups in total. The lowest BCUT2D eigenvalue weighted by molar-refractivity contribution is -0.139. The van der Waals surface area contributed by atoms with Crippen LogP contribution in [0.4, 0.5) is 0 Å². The molecule has 0 spiro atoms. The third-order valence-electron chi connectivity index (χ3n) is 8.14. The van der Waals surface area contributed by atoms with E-state index in [1.807, 2.05) is 96.6 Å². The molecule has 4 aromatic carbocycles. The summed E-state index contributed by atoms with van der Waals surface area (Å²) in [6.07, 6.45) is 5.88. The predicted octanol–water partition coefficient (Wildman–Crippen LogP) is 6.86. The monoisotopic (exact) mass is 613 g/mol. The topological polar surface area (TPSA) is 93.9 Å². The van der Waals surface area contributed by atoms with Crippen molar-refractivity contribution in [3.63, 3.8) is 0 Å². The number of likely N-dealkylation sites (tertiary alicyclic amines) is 1. The van der Waals surface area contributed by atoms with Gasteiger partial charge < -0.3 is 24.0 Å². The van der Waals surface area contributed by atoms with Crippen molar-refractivity contribution in [2.24, 2.45) is 0 Å². The molecule has 1 saturated heterocycles. The highest BCUT2D eigenvalue weighted by atomic mass is 16.5. The highest BCUT2D eigenvalue weighted by Gasteiger charge is 2.45. The molecule has 1 aromatic heterocycles. The van der Waals surface area contributed by atoms with Gasteiger partial charge in [0.1, 0.15) is 30.5 Å². The number of imidazole rings is 1. The molecule has 0 radical (unpaired) electrons. The molecule has 0 bridgehead atoms. The van der Waals surface area contributed by atoms with Gasteiger partial charge in [-0.25, -0.2) is 4.98 Å². The van der Waals surface area contributed by atoms with E-state index in [0.29, 0.717) is 55.4 Å². The van der Waals surface area contributed by atoms with Crippen molar-refractivity contribution in [2.75, 3.05) is 6.54 Å². The van der Waals surface area contributed by atoms with Crippen molar-refractivity contribution in [1.82, 2.24) is 14.5 Å². The number of aliphatic hydroxyl groups excluding tert-OH is 1. The minimum atomic E-state index is -0.761. The number of aromatic nitrogens is 2. The normalized spacial score (nSPS) is 15.7. The first kappa shape index (κ1) is 30.4. The lowest BCUT2D eigenvalue weighted by Gasteiger charge is -2.25. The molecule has 2 heterocycles. The van der Waals surface area contributed by atoms with Gasteiger partial charge in [-0.15, -0.1) is 0 Å². The number of ketones is 1. The Kier molecular flexibility index (Phi) is 9.24. The van der Waals surface area contributed by atoms with Crippen LogP contribution in [-0.4, -0.2) is 37.8 Å². The summed E-state index contributed by atoms with van der Waals surface area (Å²) in [6, 6.07) is 31.4. The molecule has 8 heteroatoms. The molecule has 0 saturated carbocycles. The molecular weight excluding hydrogens is 578 g/mol. The average molecular weight is 614 g/mol. The summed E-state index contributed by atoms with van der Waals surface area (Å²) in [6.45, 7) is 3.81. The predicted molar refractivity (Wildman–Crippen MR) is 175 cm³/mol. The Labute approximate surface area is 268 Å². The number of rotatable bonds is 12. The lowest BCUT2D eigenvalue weighted by atomic mass is 9.95. The molecule has 1 aliphatic heterocycles. The summed E-state index contributed by atoms with van der Waals surface area (Å²) in [5, 5.41) is 11.5. The van der Waals surface area contributed by atoms with E-state index in [2.05, 4.69) is 4.98 Å². The number of nitrogens with zero attached hydrogens (tertiary/aromatic N) is 3. The van der Waals surface area contributed by atoms with Crippen LogP contribution >= 0.6 is 0 Å². The Morgan fingerprint density at radius 2 is 1.48 bits per heavy atom. The van der Waals surface area contributed by atoms with Crippen LogP contribution < -0.4 is 9.47 Å². The van der Waals surface area contributed by atoms with Crippen molar-refractivity contribution in [3.8, 4) is 11.5 Å². The molecule has 46 heavy (non-hydrogen) atoms. The fourth-order valence-electron chi connectivity index (χ4n) is 5.58. The molecule has 1 amide bonds. The van der Waals surface area contributed by atoms with Crippen LogP contribution in [0.3, 0.4) is 0 Å². The zero-order chi connectivity index (χ0) is 31.9. The van der Waals surface area contributed by atoms with E-state index < -0.39 is 17.7 Å². The van der Waals surface area contributed by atoms with Crippen molar-refractivity contribution in [1.29, 1.82) is 0 Å². The minimum absolute atomic E-state index is 0.0548. The second kappa shape index (κ2) is 14.0. The molecule has 0 aliphatic carbocycles. The lowest BCUT2D eigenvalue weighted by Crippen LogP contribution is -2.31. The molecular formula is C38H35N3O5. The molecule has 1 fully saturated rings. The number of Topliss-reactive ketones (excluding diaryl/α,β-unsaturated/α-hetero) is 1. The van der Waals surface area contributed by atoms with Gasteiger partial charge >= 0.3 is 0 Å². The van der Waals surface area contributed by atoms with Crippen LogP contribution in [0.15, 0.2) is 127 Å². The van der Waals surface area contributed by atoms with Gasteiger partial charge in [0.2, 0.25) is 0 Å². The Morgan fingerprint density at radius 1 is 0.804 bits per heavy atom. The maximum absolute atomic E-state index is 13.5. The number of aryl methyl sites for hydroxylation is 2. The van der Waals surface area contributed by atoms with E-state index in [1.54, 1.807) is 41.7 Å². The first-order valence-corrected chi connectivity index (χ1v) is 15.3. The van der Waals surface area contributed by atoms with Crippen LogP contribution in [0.2, 0.25) is 0 Å². The quantitative estimate of drug-likeness (QED) is 0.0939. The van der Waals surface area contributed by atoms with E-state index in [4.69, 9.17) is 9.47 Å². The maximum Gasteiger partial charge on any atom is 0.295 e. The van der Waals surface area contributed by atoms with Crippen molar-refractivity contribution in [2.45, 2.75) is 39.1 Å². The number of aliphatic hydroxyl groups is 1. The van der Waals surface area contributed by atoms with E-state index in [9.17, 15) is 14.7 Å². The molecule has 1 unspecified atom stereocenters. The van der Waals surface area contributed by atoms with E-state index in [0.717, 1.165) is 16.7 Å². The fourth-order valence-corrected chi connectivity index (χ4v) is 5.58. The minimum Gasteiger partial charge on any atom is -0.507 e. The largest absolute Gasteiger partial charge is 0.507 e. The van der Waals surface area contributed by atoms with Crippen LogP contribution in [0.25, 0.3) is 5.76 Å². The van der Waals surface area contributed by atoms with Crippen LogP contribution in [0, 0.1) is 6.92 Å². The maximum atomic E-state index is 13.5. The first-order chi connectivity index (χ1) is 22.5. The van der Waals surface area contributed by atoms with Crippen molar-refractivity contribution >= 4 is 17.4 Å². The number of benzene rings is 4. The zero-order valence-corrected chi connectivity index (χ0v) is 25.6. The van der Waals surface area contributed by atoms with Crippen molar-refractivity contribution < 1.29 is 24.2 Å². The third-order valence-corrected chi connectivity index (χ3v) is 8.14. The van der Waals surface area contributed by atoms with Gasteiger partial charge in [-0.3, -0.25) is 9.59 Å². The summed E-state index contributed by atoms with van der Waals surface area (Å²) in [5.41, 5.74) is 4.45. The van der Waals surface area contributed by atoms with Gasteiger partial charge in [0, 0.05) is 31.0 Å². The Bertz CT molecular complexity index is 1810. The van der Waals surface area contributed by atoms with E-state index in [-0.39, 0.29) is 11.3 Å². The second-order valence-electron chi connectivity index (χ2n) is 11.2. The van der Waals surface area contributed by atoms with Gasteiger partial charge in [0.05, 0.1) is 17.9 Å². The summed E-state index contributed by atoms with van der Waals surface area (Å²) in [4.78, 5) is 32.6. The molecule has 5 aromatic rings. The van der Waals surface area contributed by atoms with Crippen LogP contribution in [0.5, 0.6) is 11.5 Å². The van der Waals surface area contributed by atoms with Gasteiger partial charge in [0.25, 0.3) is 11.7 Å². The van der Waals surface area contributed by atoms with Crippen LogP contribution in [0.1, 0.15) is 40.3 Å². The van der Waals surface area contributed by atoms with Gasteiger partial charge in [-0.1, -0.05) is 66.7 Å². The SMILES string of the molecule is Cc1ccccc1COc1ccc(/C(O)=C2\C(=O)C(=O)N(CCCn3ccnc3)C2c2ccc(OCc3ccccc3)cc2)cc1. The first-order valence-electron chi connectivity index (χ1n) is 15.3. The van der Waals surface area contributed by atoms with Gasteiger partial charge in [-0.05, 0) is 72.0 Å². The third kappa shape index (κ3) is 6.86. The van der Waals surface area contributed by atoms with Crippen molar-refractivity contribution in [3.05, 3.63) is 155 Å². The summed E-state index contributed by atoms with van der Waals surface area (Å²) < 4.78 is 13.9. The highest BCUT2D eigenvalue weighted by Crippen LogP contribution is 2.40. The summed E-state index contributed by atoms with van der Waals surface area (Å²) in [7, 11) is 0. The average Bonchev–Trinajstić information content (AvgIpc) is 3.70. The standard InChI is InChI=1S/C38H35N3O5/c1-27-8-5-6-11-31(27)25-46-33-18-14-30(15-19-33)36(42)34-35(41(38(44)37(34)43)22-7-21-40-23-20-39-26-40)29-12-16-32(17-13-29)45-24-28-9-3-2-4-10-28/h2-6,8-20,23,26,35,42H,7,21-22,24-25H2,1H3/b36-34+. The number of hydrogen-bond acceptors (Lipinski definition) is 6. The number of carbonyl (C=O) groups is 2. The number of carbonyl (C=O) groups excluding carboxylic acids is 2. The van der Waals surface area contributed by atoms with Gasteiger partial charge in [-0.2, -0.15) is 0 Å².